The molecule has 0 bridgehead atoms. The Kier molecular flexibility index (Phi) is 6.02. The van der Waals surface area contributed by atoms with Gasteiger partial charge in [-0.2, -0.15) is 9.97 Å². The Bertz CT molecular complexity index is 313. The highest BCUT2D eigenvalue weighted by molar-refractivity contribution is 5.26. The van der Waals surface area contributed by atoms with E-state index in [-0.39, 0.29) is 12.0 Å². The number of hydrogen-bond acceptors (Lipinski definition) is 7. The molecule has 0 atom stereocenters. The third kappa shape index (κ3) is 4.81. The van der Waals surface area contributed by atoms with Gasteiger partial charge in [-0.15, -0.1) is 4.98 Å². The van der Waals surface area contributed by atoms with Crippen molar-refractivity contribution in [2.75, 3.05) is 39.3 Å². The highest BCUT2D eigenvalue weighted by Gasteiger charge is 2.06. The number of nitrogens with one attached hydrogen (secondary N) is 1. The summed E-state index contributed by atoms with van der Waals surface area (Å²) in [5.41, 5.74) is 0. The Morgan fingerprint density at radius 2 is 1.82 bits per heavy atom. The summed E-state index contributed by atoms with van der Waals surface area (Å²) in [6.45, 7) is 3.69. The van der Waals surface area contributed by atoms with Gasteiger partial charge in [-0.05, 0) is 6.42 Å². The lowest BCUT2D eigenvalue weighted by Gasteiger charge is -2.07. The van der Waals surface area contributed by atoms with Crippen LogP contribution in [0.4, 0.5) is 5.95 Å². The lowest BCUT2D eigenvalue weighted by atomic mass is 10.5. The molecule has 0 aliphatic carbocycles. The van der Waals surface area contributed by atoms with Crippen LogP contribution in [-0.4, -0.2) is 48.9 Å². The number of ether oxygens (including phenoxy) is 3. The molecular weight excluding hydrogens is 224 g/mol. The van der Waals surface area contributed by atoms with Crippen molar-refractivity contribution in [3.8, 4) is 12.0 Å². The maximum absolute atomic E-state index is 5.33. The lowest BCUT2D eigenvalue weighted by molar-refractivity contribution is 0.0968. The van der Waals surface area contributed by atoms with Gasteiger partial charge in [0.2, 0.25) is 5.95 Å². The van der Waals surface area contributed by atoms with Gasteiger partial charge in [0.05, 0.1) is 13.7 Å². The van der Waals surface area contributed by atoms with Gasteiger partial charge in [-0.3, -0.25) is 0 Å². The molecule has 0 radical (unpaired) electrons. The van der Waals surface area contributed by atoms with Crippen molar-refractivity contribution >= 4 is 5.95 Å². The van der Waals surface area contributed by atoms with E-state index in [4.69, 9.17) is 14.2 Å². The molecule has 7 nitrogen and oxygen atoms in total. The third-order valence-electron chi connectivity index (χ3n) is 1.81. The number of nitrogens with zero attached hydrogens (tertiary/aromatic N) is 3. The largest absolute Gasteiger partial charge is 0.467 e. The summed E-state index contributed by atoms with van der Waals surface area (Å²) in [4.78, 5) is 11.9. The van der Waals surface area contributed by atoms with Crippen LogP contribution in [0.1, 0.15) is 13.3 Å². The smallest absolute Gasteiger partial charge is 0.324 e. The van der Waals surface area contributed by atoms with Crippen molar-refractivity contribution < 1.29 is 14.2 Å². The quantitative estimate of drug-likeness (QED) is 0.673. The van der Waals surface area contributed by atoms with Crippen LogP contribution in [0.2, 0.25) is 0 Å². The highest BCUT2D eigenvalue weighted by Crippen LogP contribution is 2.11. The summed E-state index contributed by atoms with van der Waals surface area (Å²) in [7, 11) is 3.20. The van der Waals surface area contributed by atoms with Crippen LogP contribution in [0.3, 0.4) is 0 Å². The van der Waals surface area contributed by atoms with E-state index in [1.54, 1.807) is 7.05 Å². The van der Waals surface area contributed by atoms with Gasteiger partial charge in [0.1, 0.15) is 6.61 Å². The summed E-state index contributed by atoms with van der Waals surface area (Å²) < 4.78 is 15.5. The fourth-order valence-electron chi connectivity index (χ4n) is 1.04. The molecule has 0 aliphatic rings. The Morgan fingerprint density at radius 3 is 2.47 bits per heavy atom. The molecule has 96 valence electrons. The van der Waals surface area contributed by atoms with Crippen LogP contribution in [0.5, 0.6) is 12.0 Å². The molecule has 17 heavy (non-hydrogen) atoms. The number of anilines is 1. The van der Waals surface area contributed by atoms with Crippen LogP contribution in [-0.2, 0) is 4.74 Å². The maximum Gasteiger partial charge on any atom is 0.324 e. The second-order valence-electron chi connectivity index (χ2n) is 3.14. The van der Waals surface area contributed by atoms with E-state index in [0.717, 1.165) is 13.0 Å². The predicted octanol–water partition coefficient (Wildman–Crippen LogP) is 0.727. The summed E-state index contributed by atoms with van der Waals surface area (Å²) in [6, 6.07) is 0.440. The Morgan fingerprint density at radius 1 is 1.06 bits per heavy atom. The van der Waals surface area contributed by atoms with E-state index >= 15 is 0 Å². The molecule has 0 saturated heterocycles. The first-order valence-corrected chi connectivity index (χ1v) is 5.48. The second kappa shape index (κ2) is 7.61. The second-order valence-corrected chi connectivity index (χ2v) is 3.14. The molecule has 0 unspecified atom stereocenters. The summed E-state index contributed by atoms with van der Waals surface area (Å²) in [5, 5.41) is 2.80. The zero-order valence-corrected chi connectivity index (χ0v) is 10.4. The SMILES string of the molecule is CCCOCCOc1nc(NC)nc(OC)n1. The van der Waals surface area contributed by atoms with E-state index in [2.05, 4.69) is 27.2 Å². The van der Waals surface area contributed by atoms with Crippen molar-refractivity contribution in [2.24, 2.45) is 0 Å². The van der Waals surface area contributed by atoms with Crippen molar-refractivity contribution in [1.82, 2.24) is 15.0 Å². The van der Waals surface area contributed by atoms with Gasteiger partial charge < -0.3 is 19.5 Å². The van der Waals surface area contributed by atoms with Crippen LogP contribution < -0.4 is 14.8 Å². The lowest BCUT2D eigenvalue weighted by Crippen LogP contribution is -2.10. The molecule has 0 aliphatic heterocycles. The van der Waals surface area contributed by atoms with Crippen molar-refractivity contribution in [2.45, 2.75) is 13.3 Å². The number of methoxy groups -OCH3 is 1. The summed E-state index contributed by atoms with van der Waals surface area (Å²) in [6.07, 6.45) is 0.990. The minimum atomic E-state index is 0.217. The molecule has 0 amide bonds. The van der Waals surface area contributed by atoms with E-state index < -0.39 is 0 Å². The van der Waals surface area contributed by atoms with E-state index in [1.165, 1.54) is 7.11 Å². The van der Waals surface area contributed by atoms with Crippen molar-refractivity contribution in [1.29, 1.82) is 0 Å². The monoisotopic (exact) mass is 242 g/mol. The van der Waals surface area contributed by atoms with E-state index in [0.29, 0.717) is 19.2 Å². The van der Waals surface area contributed by atoms with Gasteiger partial charge in [0.15, 0.2) is 0 Å². The van der Waals surface area contributed by atoms with Gasteiger partial charge >= 0.3 is 12.0 Å². The van der Waals surface area contributed by atoms with Gasteiger partial charge in [-0.1, -0.05) is 6.92 Å². The average Bonchev–Trinajstić information content (AvgIpc) is 2.38. The van der Waals surface area contributed by atoms with Crippen LogP contribution in [0.25, 0.3) is 0 Å². The zero-order chi connectivity index (χ0) is 12.5. The molecule has 1 aromatic heterocycles. The first-order valence-electron chi connectivity index (χ1n) is 5.48. The number of aromatic nitrogens is 3. The first-order chi connectivity index (χ1) is 8.30. The summed E-state index contributed by atoms with van der Waals surface area (Å²) in [5.74, 6) is 0.404. The predicted molar refractivity (Wildman–Crippen MR) is 62.5 cm³/mol. The Labute approximate surface area is 101 Å². The van der Waals surface area contributed by atoms with Gasteiger partial charge in [-0.25, -0.2) is 0 Å². The van der Waals surface area contributed by atoms with Crippen molar-refractivity contribution in [3.05, 3.63) is 0 Å². The van der Waals surface area contributed by atoms with E-state index in [1.807, 2.05) is 0 Å². The fraction of sp³-hybridized carbons (Fsp3) is 0.700. The maximum atomic E-state index is 5.33. The molecule has 1 rings (SSSR count). The molecule has 1 N–H and O–H groups in total. The molecule has 0 spiro atoms. The number of rotatable bonds is 8. The topological polar surface area (TPSA) is 78.4 Å². The molecular formula is C10H18N4O3. The average molecular weight is 242 g/mol. The minimum Gasteiger partial charge on any atom is -0.467 e. The summed E-state index contributed by atoms with van der Waals surface area (Å²) >= 11 is 0. The van der Waals surface area contributed by atoms with Gasteiger partial charge in [0, 0.05) is 13.7 Å². The highest BCUT2D eigenvalue weighted by atomic mass is 16.5. The van der Waals surface area contributed by atoms with Crippen LogP contribution >= 0.6 is 0 Å². The number of hydrogen-bond donors (Lipinski definition) is 1. The first kappa shape index (κ1) is 13.4. The molecule has 0 fully saturated rings. The molecule has 0 aromatic carbocycles. The molecule has 1 aromatic rings. The van der Waals surface area contributed by atoms with Crippen molar-refractivity contribution in [3.63, 3.8) is 0 Å². The van der Waals surface area contributed by atoms with Crippen LogP contribution in [0.15, 0.2) is 0 Å². The molecule has 0 saturated carbocycles. The third-order valence-corrected chi connectivity index (χ3v) is 1.81. The van der Waals surface area contributed by atoms with Gasteiger partial charge in [0.25, 0.3) is 0 Å². The Balaban J connectivity index is 2.46. The normalized spacial score (nSPS) is 10.1. The minimum absolute atomic E-state index is 0.217. The van der Waals surface area contributed by atoms with Crippen LogP contribution in [0, 0.1) is 0 Å². The standard InChI is InChI=1S/C10H18N4O3/c1-4-5-16-6-7-17-10-13-8(11-2)12-9(14-10)15-3/h4-7H2,1-3H3,(H,11,12,13,14). The zero-order valence-electron chi connectivity index (χ0n) is 10.4. The Hall–Kier alpha value is -1.63. The molecule has 1 heterocycles. The molecule has 7 heteroatoms. The fourth-order valence-corrected chi connectivity index (χ4v) is 1.04. The van der Waals surface area contributed by atoms with E-state index in [9.17, 15) is 0 Å².